The summed E-state index contributed by atoms with van der Waals surface area (Å²) in [5.41, 5.74) is 1.09. The molecule has 3 rings (SSSR count). The Labute approximate surface area is 177 Å². The Kier molecular flexibility index (Phi) is 5.50. The highest BCUT2D eigenvalue weighted by Gasteiger charge is 2.67. The molecule has 0 aromatic heterocycles. The van der Waals surface area contributed by atoms with Crippen LogP contribution in [0.1, 0.15) is 34.6 Å². The molecule has 7 heteroatoms. The van der Waals surface area contributed by atoms with E-state index in [1.54, 1.807) is 24.1 Å². The highest BCUT2D eigenvalue weighted by molar-refractivity contribution is 6.03. The maximum atomic E-state index is 13.4. The Morgan fingerprint density at radius 2 is 1.77 bits per heavy atom. The zero-order valence-corrected chi connectivity index (χ0v) is 18.3. The number of nitrogens with one attached hydrogen (secondary N) is 1. The van der Waals surface area contributed by atoms with Gasteiger partial charge >= 0.3 is 6.03 Å². The van der Waals surface area contributed by atoms with Crippen molar-refractivity contribution in [2.75, 3.05) is 17.3 Å². The lowest BCUT2D eigenvalue weighted by Crippen LogP contribution is -2.44. The molecule has 7 nitrogen and oxygen atoms in total. The van der Waals surface area contributed by atoms with Gasteiger partial charge < -0.3 is 10.1 Å². The Balaban J connectivity index is 1.98. The third-order valence-electron chi connectivity index (χ3n) is 6.89. The van der Waals surface area contributed by atoms with Crippen molar-refractivity contribution in [2.45, 2.75) is 40.7 Å². The fourth-order valence-electron chi connectivity index (χ4n) is 4.83. The third-order valence-corrected chi connectivity index (χ3v) is 6.89. The molecule has 30 heavy (non-hydrogen) atoms. The van der Waals surface area contributed by atoms with E-state index in [1.165, 1.54) is 12.1 Å². The molecule has 1 aliphatic rings. The highest BCUT2D eigenvalue weighted by atomic mass is 16.6. The second-order valence-electron chi connectivity index (χ2n) is 8.94. The molecule has 1 atom stereocenters. The fourth-order valence-corrected chi connectivity index (χ4v) is 4.83. The van der Waals surface area contributed by atoms with E-state index in [0.29, 0.717) is 17.1 Å². The summed E-state index contributed by atoms with van der Waals surface area (Å²) in [7, 11) is 1.57. The summed E-state index contributed by atoms with van der Waals surface area (Å²) in [5, 5.41) is 13.9. The van der Waals surface area contributed by atoms with Gasteiger partial charge in [-0.1, -0.05) is 45.9 Å². The normalized spacial score (nSPS) is 17.7. The number of hydrogen-bond donors (Lipinski definition) is 1. The average molecular weight is 412 g/mol. The minimum Gasteiger partial charge on any atom is -0.495 e. The summed E-state index contributed by atoms with van der Waals surface area (Å²) in [6, 6.07) is 12.9. The maximum Gasteiger partial charge on any atom is 0.326 e. The quantitative estimate of drug-likeness (QED) is 0.487. The smallest absolute Gasteiger partial charge is 0.326 e. The molecule has 0 unspecified atom stereocenters. The molecule has 0 bridgehead atoms. The summed E-state index contributed by atoms with van der Waals surface area (Å²) in [6.07, 6.45) is 0. The SMILES string of the molecule is COc1ccccc1N(C(=O)Nc1cccc([N+](=O)[O-])c1)[C@H](C)C1C(C)(C)C1(C)C. The number of nitrogens with zero attached hydrogens (tertiary/aromatic N) is 2. The van der Waals surface area contributed by atoms with Crippen molar-refractivity contribution in [1.82, 2.24) is 0 Å². The van der Waals surface area contributed by atoms with Gasteiger partial charge in [0.25, 0.3) is 5.69 Å². The molecular weight excluding hydrogens is 382 g/mol. The number of amides is 2. The van der Waals surface area contributed by atoms with Gasteiger partial charge in [0.1, 0.15) is 5.75 Å². The molecule has 2 aromatic rings. The van der Waals surface area contributed by atoms with Crippen molar-refractivity contribution < 1.29 is 14.5 Å². The molecule has 0 spiro atoms. The predicted molar refractivity (Wildman–Crippen MR) is 118 cm³/mol. The molecule has 2 aromatic carbocycles. The molecule has 0 aliphatic heterocycles. The largest absolute Gasteiger partial charge is 0.495 e. The molecule has 1 aliphatic carbocycles. The molecule has 0 heterocycles. The number of non-ortho nitro benzene ring substituents is 1. The van der Waals surface area contributed by atoms with Crippen LogP contribution in [0.3, 0.4) is 0 Å². The Hall–Kier alpha value is -3.09. The van der Waals surface area contributed by atoms with E-state index in [-0.39, 0.29) is 34.5 Å². The van der Waals surface area contributed by atoms with Gasteiger partial charge in [0, 0.05) is 23.9 Å². The van der Waals surface area contributed by atoms with Crippen LogP contribution >= 0.6 is 0 Å². The second-order valence-corrected chi connectivity index (χ2v) is 8.94. The van der Waals surface area contributed by atoms with Crippen molar-refractivity contribution in [3.05, 3.63) is 58.6 Å². The summed E-state index contributed by atoms with van der Waals surface area (Å²) < 4.78 is 5.52. The summed E-state index contributed by atoms with van der Waals surface area (Å²) in [6.45, 7) is 10.9. The summed E-state index contributed by atoms with van der Waals surface area (Å²) in [4.78, 5) is 25.8. The fraction of sp³-hybridized carbons (Fsp3) is 0.435. The van der Waals surface area contributed by atoms with Gasteiger partial charge in [0.2, 0.25) is 0 Å². The van der Waals surface area contributed by atoms with E-state index in [1.807, 2.05) is 31.2 Å². The van der Waals surface area contributed by atoms with Crippen LogP contribution in [0.25, 0.3) is 0 Å². The molecule has 160 valence electrons. The maximum absolute atomic E-state index is 13.4. The number of ether oxygens (including phenoxy) is 1. The van der Waals surface area contributed by atoms with Gasteiger partial charge in [0.15, 0.2) is 0 Å². The van der Waals surface area contributed by atoms with E-state index >= 15 is 0 Å². The van der Waals surface area contributed by atoms with E-state index in [9.17, 15) is 14.9 Å². The molecule has 2 amide bonds. The Morgan fingerprint density at radius 1 is 1.13 bits per heavy atom. The minimum absolute atomic E-state index is 0.0680. The van der Waals surface area contributed by atoms with Gasteiger partial charge in [-0.15, -0.1) is 0 Å². The number of rotatable bonds is 6. The molecule has 1 saturated carbocycles. The van der Waals surface area contributed by atoms with Gasteiger partial charge in [0.05, 0.1) is 17.7 Å². The van der Waals surface area contributed by atoms with Crippen LogP contribution in [0.5, 0.6) is 5.75 Å². The summed E-state index contributed by atoms with van der Waals surface area (Å²) in [5.74, 6) is 0.862. The van der Waals surface area contributed by atoms with E-state index in [2.05, 4.69) is 33.0 Å². The van der Waals surface area contributed by atoms with Gasteiger partial charge in [-0.3, -0.25) is 15.0 Å². The minimum atomic E-state index is -0.481. The monoisotopic (exact) mass is 411 g/mol. The van der Waals surface area contributed by atoms with E-state index < -0.39 is 4.92 Å². The zero-order valence-electron chi connectivity index (χ0n) is 18.3. The van der Waals surface area contributed by atoms with E-state index in [0.717, 1.165) is 0 Å². The van der Waals surface area contributed by atoms with Gasteiger partial charge in [-0.25, -0.2) is 4.79 Å². The first-order valence-corrected chi connectivity index (χ1v) is 10.00. The predicted octanol–water partition coefficient (Wildman–Crippen LogP) is 5.71. The molecule has 0 saturated heterocycles. The second kappa shape index (κ2) is 7.63. The van der Waals surface area contributed by atoms with Crippen molar-refractivity contribution in [1.29, 1.82) is 0 Å². The van der Waals surface area contributed by atoms with Crippen molar-refractivity contribution >= 4 is 23.1 Å². The number of carbonyl (C=O) groups excluding carboxylic acids is 1. The lowest BCUT2D eigenvalue weighted by Gasteiger charge is -2.32. The van der Waals surface area contributed by atoms with Crippen LogP contribution in [0.15, 0.2) is 48.5 Å². The topological polar surface area (TPSA) is 84.7 Å². The highest BCUT2D eigenvalue weighted by Crippen LogP contribution is 2.70. The molecule has 0 radical (unpaired) electrons. The number of para-hydroxylation sites is 2. The Morgan fingerprint density at radius 3 is 2.33 bits per heavy atom. The van der Waals surface area contributed by atoms with Crippen LogP contribution in [0.4, 0.5) is 21.9 Å². The first-order chi connectivity index (χ1) is 14.0. The first kappa shape index (κ1) is 21.6. The molecular formula is C23H29N3O4. The number of methoxy groups -OCH3 is 1. The summed E-state index contributed by atoms with van der Waals surface area (Å²) >= 11 is 0. The lowest BCUT2D eigenvalue weighted by atomic mass is 10.0. The lowest BCUT2D eigenvalue weighted by molar-refractivity contribution is -0.384. The third kappa shape index (κ3) is 3.60. The van der Waals surface area contributed by atoms with Crippen molar-refractivity contribution in [3.8, 4) is 5.75 Å². The number of anilines is 2. The Bertz CT molecular complexity index is 956. The standard InChI is InChI=1S/C23H29N3O4/c1-15(20-22(2,3)23(20,4)5)25(18-12-7-8-13-19(18)30-6)21(27)24-16-10-9-11-17(14-16)26(28)29/h7-15,20H,1-6H3,(H,24,27)/t15-/m1/s1. The number of nitro benzene ring substituents is 1. The first-order valence-electron chi connectivity index (χ1n) is 10.00. The molecule has 1 fully saturated rings. The van der Waals surface area contributed by atoms with Crippen molar-refractivity contribution in [3.63, 3.8) is 0 Å². The van der Waals surface area contributed by atoms with E-state index in [4.69, 9.17) is 4.74 Å². The number of hydrogen-bond acceptors (Lipinski definition) is 4. The van der Waals surface area contributed by atoms with Gasteiger partial charge in [-0.2, -0.15) is 0 Å². The number of nitro groups is 1. The number of benzene rings is 2. The van der Waals surface area contributed by atoms with Crippen molar-refractivity contribution in [2.24, 2.45) is 16.7 Å². The molecule has 1 N–H and O–H groups in total. The van der Waals surface area contributed by atoms with Crippen LogP contribution in [-0.4, -0.2) is 24.1 Å². The van der Waals surface area contributed by atoms with Crippen LogP contribution in [0, 0.1) is 26.9 Å². The average Bonchev–Trinajstić information content (AvgIpc) is 3.10. The van der Waals surface area contributed by atoms with Crippen LogP contribution in [-0.2, 0) is 0 Å². The number of urea groups is 1. The van der Waals surface area contributed by atoms with Crippen LogP contribution < -0.4 is 15.0 Å². The van der Waals surface area contributed by atoms with Gasteiger partial charge in [-0.05, 0) is 41.9 Å². The zero-order chi connectivity index (χ0) is 22.3. The van der Waals surface area contributed by atoms with Crippen LogP contribution in [0.2, 0.25) is 0 Å². The number of carbonyl (C=O) groups is 1.